The summed E-state index contributed by atoms with van der Waals surface area (Å²) in [6, 6.07) is 8.37. The fraction of sp³-hybridized carbons (Fsp3) is 0.250. The van der Waals surface area contributed by atoms with E-state index in [2.05, 4.69) is 10.5 Å². The molecule has 1 heterocycles. The molecular weight excluding hydrogens is 251 g/mol. The van der Waals surface area contributed by atoms with Crippen LogP contribution < -0.4 is 11.3 Å². The van der Waals surface area contributed by atoms with E-state index in [1.165, 1.54) is 23.9 Å². The predicted molar refractivity (Wildman–Crippen MR) is 70.4 cm³/mol. The molecule has 2 rings (SSSR count). The summed E-state index contributed by atoms with van der Waals surface area (Å²) in [6.45, 7) is 0. The van der Waals surface area contributed by atoms with Crippen molar-refractivity contribution < 1.29 is 4.39 Å². The van der Waals surface area contributed by atoms with Crippen LogP contribution in [0.3, 0.4) is 0 Å². The molecule has 4 nitrogen and oxygen atoms in total. The van der Waals surface area contributed by atoms with Crippen LogP contribution in [-0.4, -0.2) is 15.5 Å². The molecular formula is C12H15FN4S. The molecule has 96 valence electrons. The third-order valence-corrected chi connectivity index (χ3v) is 3.59. The molecule has 1 aromatic heterocycles. The van der Waals surface area contributed by atoms with Gasteiger partial charge in [-0.05, 0) is 24.3 Å². The number of nitrogens with zero attached hydrogens (tertiary/aromatic N) is 2. The highest BCUT2D eigenvalue weighted by Gasteiger charge is 2.12. The smallest absolute Gasteiger partial charge is 0.124 e. The number of hydrogen-bond acceptors (Lipinski definition) is 4. The maximum Gasteiger partial charge on any atom is 0.124 e. The molecule has 1 aromatic carbocycles. The normalized spacial score (nSPS) is 12.6. The lowest BCUT2D eigenvalue weighted by Gasteiger charge is -2.12. The van der Waals surface area contributed by atoms with Gasteiger partial charge in [-0.3, -0.25) is 16.0 Å². The first-order valence-electron chi connectivity index (χ1n) is 5.53. The second kappa shape index (κ2) is 5.99. The minimum absolute atomic E-state index is 0.0560. The quantitative estimate of drug-likeness (QED) is 0.493. The van der Waals surface area contributed by atoms with E-state index in [1.54, 1.807) is 10.7 Å². The van der Waals surface area contributed by atoms with Gasteiger partial charge >= 0.3 is 0 Å². The number of aromatic nitrogens is 2. The van der Waals surface area contributed by atoms with Gasteiger partial charge in [-0.2, -0.15) is 5.10 Å². The lowest BCUT2D eigenvalue weighted by atomic mass is 10.2. The Morgan fingerprint density at radius 2 is 2.33 bits per heavy atom. The molecule has 0 bridgehead atoms. The van der Waals surface area contributed by atoms with Crippen LogP contribution in [0.25, 0.3) is 0 Å². The number of aryl methyl sites for hydroxylation is 1. The Balaban J connectivity index is 1.99. The number of thioether (sulfide) groups is 1. The van der Waals surface area contributed by atoms with Gasteiger partial charge in [0.05, 0.1) is 11.7 Å². The van der Waals surface area contributed by atoms with E-state index in [9.17, 15) is 4.39 Å². The Hall–Kier alpha value is -1.37. The van der Waals surface area contributed by atoms with Crippen molar-refractivity contribution in [2.45, 2.75) is 10.9 Å². The number of nitrogens with one attached hydrogen (secondary N) is 1. The Bertz CT molecular complexity index is 514. The highest BCUT2D eigenvalue weighted by atomic mass is 32.2. The van der Waals surface area contributed by atoms with Crippen molar-refractivity contribution in [1.82, 2.24) is 15.2 Å². The van der Waals surface area contributed by atoms with Gasteiger partial charge in [-0.25, -0.2) is 4.39 Å². The van der Waals surface area contributed by atoms with Crippen molar-refractivity contribution in [2.24, 2.45) is 12.9 Å². The van der Waals surface area contributed by atoms with E-state index in [0.29, 0.717) is 5.75 Å². The maximum absolute atomic E-state index is 13.0. The molecule has 0 radical (unpaired) electrons. The van der Waals surface area contributed by atoms with E-state index in [-0.39, 0.29) is 11.9 Å². The molecule has 0 aliphatic heterocycles. The summed E-state index contributed by atoms with van der Waals surface area (Å²) >= 11 is 1.54. The van der Waals surface area contributed by atoms with Crippen LogP contribution in [0.5, 0.6) is 0 Å². The van der Waals surface area contributed by atoms with Crippen LogP contribution in [0.15, 0.2) is 41.4 Å². The number of hydrazine groups is 1. The molecule has 0 fully saturated rings. The van der Waals surface area contributed by atoms with Crippen LogP contribution in [0, 0.1) is 5.82 Å². The second-order valence-corrected chi connectivity index (χ2v) is 5.00. The summed E-state index contributed by atoms with van der Waals surface area (Å²) in [5, 5.41) is 4.30. The van der Waals surface area contributed by atoms with E-state index >= 15 is 0 Å². The van der Waals surface area contributed by atoms with Crippen LogP contribution >= 0.6 is 11.8 Å². The fourth-order valence-corrected chi connectivity index (χ4v) is 2.57. The maximum atomic E-state index is 13.0. The van der Waals surface area contributed by atoms with Gasteiger partial charge in [-0.15, -0.1) is 11.8 Å². The SMILES string of the molecule is Cn1ccc(C(CSc2cccc(F)c2)NN)n1. The number of hydrogen-bond donors (Lipinski definition) is 2. The second-order valence-electron chi connectivity index (χ2n) is 3.90. The molecule has 0 aliphatic carbocycles. The average Bonchev–Trinajstić information content (AvgIpc) is 2.77. The van der Waals surface area contributed by atoms with Crippen LogP contribution in [0.4, 0.5) is 4.39 Å². The van der Waals surface area contributed by atoms with Crippen LogP contribution in [0.1, 0.15) is 11.7 Å². The van der Waals surface area contributed by atoms with Crippen LogP contribution in [-0.2, 0) is 7.05 Å². The molecule has 1 unspecified atom stereocenters. The molecule has 0 saturated carbocycles. The van der Waals surface area contributed by atoms with E-state index in [0.717, 1.165) is 10.6 Å². The zero-order chi connectivity index (χ0) is 13.0. The van der Waals surface area contributed by atoms with Crippen molar-refractivity contribution in [3.63, 3.8) is 0 Å². The molecule has 6 heteroatoms. The molecule has 1 atom stereocenters. The van der Waals surface area contributed by atoms with E-state index < -0.39 is 0 Å². The summed E-state index contributed by atoms with van der Waals surface area (Å²) < 4.78 is 14.8. The topological polar surface area (TPSA) is 55.9 Å². The Labute approximate surface area is 109 Å². The highest BCUT2D eigenvalue weighted by molar-refractivity contribution is 7.99. The lowest BCUT2D eigenvalue weighted by molar-refractivity contribution is 0.580. The minimum Gasteiger partial charge on any atom is -0.275 e. The zero-order valence-corrected chi connectivity index (χ0v) is 10.8. The molecule has 0 saturated heterocycles. The number of benzene rings is 1. The number of halogens is 1. The summed E-state index contributed by atoms with van der Waals surface area (Å²) in [6.07, 6.45) is 1.87. The molecule has 0 aliphatic rings. The van der Waals surface area contributed by atoms with E-state index in [4.69, 9.17) is 5.84 Å². The number of nitrogens with two attached hydrogens (primary N) is 1. The lowest BCUT2D eigenvalue weighted by Crippen LogP contribution is -2.30. The number of rotatable bonds is 5. The molecule has 2 aromatic rings. The Kier molecular flexibility index (Phi) is 4.35. The monoisotopic (exact) mass is 266 g/mol. The summed E-state index contributed by atoms with van der Waals surface area (Å²) in [4.78, 5) is 0.881. The largest absolute Gasteiger partial charge is 0.275 e. The van der Waals surface area contributed by atoms with Gasteiger partial charge in [0, 0.05) is 23.9 Å². The molecule has 0 spiro atoms. The van der Waals surface area contributed by atoms with Gasteiger partial charge in [0.2, 0.25) is 0 Å². The van der Waals surface area contributed by atoms with Gasteiger partial charge in [0.25, 0.3) is 0 Å². The van der Waals surface area contributed by atoms with Gasteiger partial charge in [0.1, 0.15) is 5.82 Å². The van der Waals surface area contributed by atoms with Crippen molar-refractivity contribution >= 4 is 11.8 Å². The third kappa shape index (κ3) is 3.32. The fourth-order valence-electron chi connectivity index (χ4n) is 1.57. The van der Waals surface area contributed by atoms with Crippen LogP contribution in [0.2, 0.25) is 0 Å². The first-order valence-corrected chi connectivity index (χ1v) is 6.51. The van der Waals surface area contributed by atoms with E-state index in [1.807, 2.05) is 25.4 Å². The first kappa shape index (κ1) is 13.1. The van der Waals surface area contributed by atoms with Gasteiger partial charge in [-0.1, -0.05) is 6.07 Å². The third-order valence-electron chi connectivity index (χ3n) is 2.51. The minimum atomic E-state index is -0.227. The summed E-state index contributed by atoms with van der Waals surface area (Å²) in [5.74, 6) is 5.99. The highest BCUT2D eigenvalue weighted by Crippen LogP contribution is 2.24. The molecule has 18 heavy (non-hydrogen) atoms. The van der Waals surface area contributed by atoms with Crippen molar-refractivity contribution in [1.29, 1.82) is 0 Å². The summed E-state index contributed by atoms with van der Waals surface area (Å²) in [5.41, 5.74) is 3.60. The molecule has 0 amide bonds. The van der Waals surface area contributed by atoms with Crippen molar-refractivity contribution in [3.05, 3.63) is 48.0 Å². The van der Waals surface area contributed by atoms with Crippen molar-refractivity contribution in [3.8, 4) is 0 Å². The van der Waals surface area contributed by atoms with Gasteiger partial charge < -0.3 is 0 Å². The van der Waals surface area contributed by atoms with Gasteiger partial charge in [0.15, 0.2) is 0 Å². The standard InChI is InChI=1S/C12H15FN4S/c1-17-6-5-11(16-17)12(15-14)8-18-10-4-2-3-9(13)7-10/h2-7,12,15H,8,14H2,1H3. The average molecular weight is 266 g/mol. The first-order chi connectivity index (χ1) is 8.69. The Morgan fingerprint density at radius 1 is 1.50 bits per heavy atom. The molecule has 3 N–H and O–H groups in total. The van der Waals surface area contributed by atoms with Crippen molar-refractivity contribution in [2.75, 3.05) is 5.75 Å². The Morgan fingerprint density at radius 3 is 2.94 bits per heavy atom. The summed E-state index contributed by atoms with van der Waals surface area (Å²) in [7, 11) is 1.86. The zero-order valence-electron chi connectivity index (χ0n) is 10.0. The predicted octanol–water partition coefficient (Wildman–Crippen LogP) is 1.86.